The number of amides is 1. The Morgan fingerprint density at radius 2 is 2.15 bits per heavy atom. The number of carbonyl (C=O) groups is 1. The molecule has 3 atom stereocenters. The quantitative estimate of drug-likeness (QED) is 0.867. The molecule has 0 aliphatic carbocycles. The molecule has 0 saturated carbocycles. The van der Waals surface area contributed by atoms with E-state index in [4.69, 9.17) is 0 Å². The van der Waals surface area contributed by atoms with Gasteiger partial charge in [-0.1, -0.05) is 37.3 Å². The molecule has 0 spiro atoms. The monoisotopic (exact) mass is 274 g/mol. The largest absolute Gasteiger partial charge is 0.355 e. The van der Waals surface area contributed by atoms with Crippen molar-refractivity contribution in [2.24, 2.45) is 5.92 Å². The van der Waals surface area contributed by atoms with Crippen LogP contribution in [0.1, 0.15) is 44.6 Å². The third kappa shape index (κ3) is 4.07. The number of rotatable bonds is 5. The Labute approximate surface area is 122 Å². The fourth-order valence-corrected chi connectivity index (χ4v) is 2.96. The molecule has 1 saturated heterocycles. The lowest BCUT2D eigenvalue weighted by atomic mass is 9.91. The van der Waals surface area contributed by atoms with Gasteiger partial charge < -0.3 is 10.6 Å². The van der Waals surface area contributed by atoms with Gasteiger partial charge >= 0.3 is 0 Å². The first-order valence-electron chi connectivity index (χ1n) is 7.76. The van der Waals surface area contributed by atoms with Crippen LogP contribution in [0, 0.1) is 5.92 Å². The van der Waals surface area contributed by atoms with Crippen molar-refractivity contribution in [3.63, 3.8) is 0 Å². The van der Waals surface area contributed by atoms with Crippen LogP contribution in [0.25, 0.3) is 0 Å². The smallest absolute Gasteiger partial charge is 0.223 e. The molecule has 1 aromatic carbocycles. The highest BCUT2D eigenvalue weighted by atomic mass is 16.1. The lowest BCUT2D eigenvalue weighted by molar-refractivity contribution is -0.126. The molecular weight excluding hydrogens is 248 g/mol. The van der Waals surface area contributed by atoms with Crippen molar-refractivity contribution >= 4 is 5.91 Å². The molecule has 3 heteroatoms. The molecule has 1 aliphatic heterocycles. The third-order valence-corrected chi connectivity index (χ3v) is 4.28. The van der Waals surface area contributed by atoms with E-state index in [1.165, 1.54) is 5.56 Å². The highest BCUT2D eigenvalue weighted by Gasteiger charge is 2.24. The van der Waals surface area contributed by atoms with Gasteiger partial charge in [-0.15, -0.1) is 0 Å². The molecule has 0 aromatic heterocycles. The second-order valence-corrected chi connectivity index (χ2v) is 5.84. The number of carbonyl (C=O) groups excluding carboxylic acids is 1. The van der Waals surface area contributed by atoms with Gasteiger partial charge in [0.05, 0.1) is 0 Å². The van der Waals surface area contributed by atoms with Gasteiger partial charge in [0.1, 0.15) is 0 Å². The molecule has 1 unspecified atom stereocenters. The number of piperidine rings is 1. The van der Waals surface area contributed by atoms with E-state index in [0.717, 1.165) is 32.4 Å². The molecule has 0 bridgehead atoms. The number of hydrogen-bond donors (Lipinski definition) is 2. The fraction of sp³-hybridized carbons (Fsp3) is 0.588. The van der Waals surface area contributed by atoms with Gasteiger partial charge in [0, 0.05) is 24.4 Å². The molecule has 1 fully saturated rings. The molecule has 1 aromatic rings. The van der Waals surface area contributed by atoms with E-state index >= 15 is 0 Å². The Hall–Kier alpha value is -1.35. The van der Waals surface area contributed by atoms with Crippen molar-refractivity contribution in [1.29, 1.82) is 0 Å². The first-order chi connectivity index (χ1) is 9.70. The van der Waals surface area contributed by atoms with E-state index in [1.807, 2.05) is 6.07 Å². The summed E-state index contributed by atoms with van der Waals surface area (Å²) in [6.45, 7) is 6.03. The summed E-state index contributed by atoms with van der Waals surface area (Å²) >= 11 is 0. The average Bonchev–Trinajstić information content (AvgIpc) is 2.49. The summed E-state index contributed by atoms with van der Waals surface area (Å²) < 4.78 is 0. The van der Waals surface area contributed by atoms with Gasteiger partial charge in [0.2, 0.25) is 5.91 Å². The Morgan fingerprint density at radius 1 is 1.40 bits per heavy atom. The predicted octanol–water partition coefficient (Wildman–Crippen LogP) is 2.68. The zero-order valence-corrected chi connectivity index (χ0v) is 12.6. The van der Waals surface area contributed by atoms with Crippen LogP contribution in [0.3, 0.4) is 0 Å². The third-order valence-electron chi connectivity index (χ3n) is 4.28. The number of hydrogen-bond acceptors (Lipinski definition) is 2. The first kappa shape index (κ1) is 15.0. The summed E-state index contributed by atoms with van der Waals surface area (Å²) in [6.07, 6.45) is 2.96. The van der Waals surface area contributed by atoms with Gasteiger partial charge in [-0.2, -0.15) is 0 Å². The standard InChI is InChI=1S/C17H26N2O/c1-3-14(15-7-5-4-6-8-15)12-19-17(20)16-9-10-18-13(2)11-16/h4-8,13-14,16,18H,3,9-12H2,1-2H3,(H,19,20)/t13-,14?,16-/m0/s1. The molecule has 20 heavy (non-hydrogen) atoms. The van der Waals surface area contributed by atoms with Gasteiger partial charge in [0.15, 0.2) is 0 Å². The van der Waals surface area contributed by atoms with Crippen molar-refractivity contribution in [2.75, 3.05) is 13.1 Å². The molecule has 110 valence electrons. The summed E-state index contributed by atoms with van der Waals surface area (Å²) in [5, 5.41) is 6.54. The van der Waals surface area contributed by atoms with Crippen LogP contribution in [0.5, 0.6) is 0 Å². The summed E-state index contributed by atoms with van der Waals surface area (Å²) in [5.41, 5.74) is 1.31. The van der Waals surface area contributed by atoms with E-state index in [9.17, 15) is 4.79 Å². The van der Waals surface area contributed by atoms with Crippen LogP contribution in [-0.2, 0) is 4.79 Å². The van der Waals surface area contributed by atoms with E-state index in [2.05, 4.69) is 48.7 Å². The maximum Gasteiger partial charge on any atom is 0.223 e. The number of benzene rings is 1. The lowest BCUT2D eigenvalue weighted by Crippen LogP contribution is -2.43. The molecular formula is C17H26N2O. The topological polar surface area (TPSA) is 41.1 Å². The predicted molar refractivity (Wildman–Crippen MR) is 82.7 cm³/mol. The van der Waals surface area contributed by atoms with E-state index in [0.29, 0.717) is 12.0 Å². The summed E-state index contributed by atoms with van der Waals surface area (Å²) in [7, 11) is 0. The highest BCUT2D eigenvalue weighted by molar-refractivity contribution is 5.78. The van der Waals surface area contributed by atoms with Crippen LogP contribution < -0.4 is 10.6 Å². The zero-order chi connectivity index (χ0) is 14.4. The molecule has 2 N–H and O–H groups in total. The second-order valence-electron chi connectivity index (χ2n) is 5.84. The molecule has 1 heterocycles. The van der Waals surface area contributed by atoms with Gasteiger partial charge in [-0.25, -0.2) is 0 Å². The highest BCUT2D eigenvalue weighted by Crippen LogP contribution is 2.20. The maximum atomic E-state index is 12.3. The van der Waals surface area contributed by atoms with Crippen LogP contribution in [0.15, 0.2) is 30.3 Å². The Morgan fingerprint density at radius 3 is 2.80 bits per heavy atom. The molecule has 3 nitrogen and oxygen atoms in total. The lowest BCUT2D eigenvalue weighted by Gasteiger charge is -2.27. The summed E-state index contributed by atoms with van der Waals surface area (Å²) in [6, 6.07) is 10.9. The Balaban J connectivity index is 1.85. The minimum Gasteiger partial charge on any atom is -0.355 e. The van der Waals surface area contributed by atoms with Crippen molar-refractivity contribution in [3.8, 4) is 0 Å². The van der Waals surface area contributed by atoms with Crippen LogP contribution in [0.2, 0.25) is 0 Å². The second kappa shape index (κ2) is 7.44. The maximum absolute atomic E-state index is 12.3. The SMILES string of the molecule is CCC(CNC(=O)[C@H]1CCN[C@@H](C)C1)c1ccccc1. The van der Waals surface area contributed by atoms with Crippen LogP contribution in [0.4, 0.5) is 0 Å². The van der Waals surface area contributed by atoms with E-state index in [-0.39, 0.29) is 11.8 Å². The normalized spacial score (nSPS) is 24.1. The minimum atomic E-state index is 0.180. The molecule has 0 radical (unpaired) electrons. The van der Waals surface area contributed by atoms with Crippen molar-refractivity contribution in [2.45, 2.75) is 45.1 Å². The number of nitrogens with one attached hydrogen (secondary N) is 2. The Bertz CT molecular complexity index is 418. The van der Waals surface area contributed by atoms with Crippen LogP contribution >= 0.6 is 0 Å². The van der Waals surface area contributed by atoms with Crippen molar-refractivity contribution in [1.82, 2.24) is 10.6 Å². The molecule has 1 amide bonds. The van der Waals surface area contributed by atoms with E-state index in [1.54, 1.807) is 0 Å². The van der Waals surface area contributed by atoms with E-state index < -0.39 is 0 Å². The zero-order valence-electron chi connectivity index (χ0n) is 12.6. The van der Waals surface area contributed by atoms with Gasteiger partial charge in [-0.3, -0.25) is 4.79 Å². The molecule has 2 rings (SSSR count). The Kier molecular flexibility index (Phi) is 5.60. The van der Waals surface area contributed by atoms with Crippen LogP contribution in [-0.4, -0.2) is 25.0 Å². The first-order valence-corrected chi connectivity index (χ1v) is 7.76. The average molecular weight is 274 g/mol. The van der Waals surface area contributed by atoms with Gasteiger partial charge in [-0.05, 0) is 38.3 Å². The minimum absolute atomic E-state index is 0.180. The fourth-order valence-electron chi connectivity index (χ4n) is 2.96. The van der Waals surface area contributed by atoms with Crippen molar-refractivity contribution in [3.05, 3.63) is 35.9 Å². The van der Waals surface area contributed by atoms with Gasteiger partial charge in [0.25, 0.3) is 0 Å². The summed E-state index contributed by atoms with van der Waals surface area (Å²) in [5.74, 6) is 0.826. The molecule has 1 aliphatic rings. The summed E-state index contributed by atoms with van der Waals surface area (Å²) in [4.78, 5) is 12.3. The van der Waals surface area contributed by atoms with Crippen molar-refractivity contribution < 1.29 is 4.79 Å².